The summed E-state index contributed by atoms with van der Waals surface area (Å²) in [6.45, 7) is 3.17. The number of fused-ring (bicyclic) bond motifs is 4. The Balaban J connectivity index is 0.000000144. The van der Waals surface area contributed by atoms with Crippen LogP contribution in [0.2, 0.25) is 0 Å². The highest BCUT2D eigenvalue weighted by Crippen LogP contribution is 2.50. The van der Waals surface area contributed by atoms with Crippen LogP contribution in [0, 0.1) is 73.0 Å². The molecule has 4 aliphatic rings. The number of aromatic nitrogens is 16. The highest BCUT2D eigenvalue weighted by molar-refractivity contribution is 5.82. The first kappa shape index (κ1) is 66.2. The first-order chi connectivity index (χ1) is 43.4. The van der Waals surface area contributed by atoms with Crippen molar-refractivity contribution in [1.29, 1.82) is 0 Å². The van der Waals surface area contributed by atoms with Gasteiger partial charge in [-0.3, -0.25) is 32.8 Å². The first-order valence-electron chi connectivity index (χ1n) is 27.7. The number of halogens is 3. The van der Waals surface area contributed by atoms with Gasteiger partial charge in [-0.25, -0.2) is 44.9 Å². The van der Waals surface area contributed by atoms with Crippen molar-refractivity contribution in [2.24, 2.45) is 23.7 Å². The van der Waals surface area contributed by atoms with Crippen molar-refractivity contribution in [3.05, 3.63) is 65.0 Å². The van der Waals surface area contributed by atoms with Crippen LogP contribution in [-0.4, -0.2) is 198 Å². The Kier molecular flexibility index (Phi) is 18.6. The molecule has 12 heterocycles. The monoisotopic (exact) mass is 1270 g/mol. The van der Waals surface area contributed by atoms with Gasteiger partial charge in [-0.1, -0.05) is 44.5 Å². The Hall–Kier alpha value is -9.25. The van der Waals surface area contributed by atoms with E-state index < -0.39 is 122 Å². The summed E-state index contributed by atoms with van der Waals surface area (Å²) in [6, 6.07) is 0. The van der Waals surface area contributed by atoms with Crippen LogP contribution in [-0.2, 0) is 18.9 Å². The molecule has 16 N–H and O–H groups in total. The molecule has 36 heteroatoms. The predicted octanol–water partition coefficient (Wildman–Crippen LogP) is -2.09. The third kappa shape index (κ3) is 11.1. The zero-order chi connectivity index (χ0) is 66.3. The normalized spacial score (nSPS) is 31.0. The fourth-order valence-corrected chi connectivity index (χ4v) is 11.5. The van der Waals surface area contributed by atoms with E-state index in [1.165, 1.54) is 36.2 Å². The number of terminal acetylenes is 4. The molecule has 0 saturated carbocycles. The van der Waals surface area contributed by atoms with Gasteiger partial charge in [-0.05, 0) is 19.3 Å². The van der Waals surface area contributed by atoms with Crippen molar-refractivity contribution in [2.75, 3.05) is 43.6 Å². The SMILES string of the molecule is C#C[C@]1(CO)O[C@@H](n2cnc3c(=O)[nH]c(N)nc32)[C@@H](CC)[C@@H]1O.C#C[C@]1(CO)O[C@@H](n2cnc3c(=O)[nH]cnc32)[C@@H](CC)[C@@H]1O.C#C[C@]1(CO)O[C@@H](n2cnc3c(N)ncnc32)[C@@H](C(F)(F)F)[C@@H]1O.C#C[C@]1(CO)O[C@@H](n2cnc3c(N)ncnc32)[C@@H](CC)[C@@H]1O. The molecular formula is C55H62F3N19O14. The molecule has 482 valence electrons. The van der Waals surface area contributed by atoms with Crippen LogP contribution in [0.25, 0.3) is 44.7 Å². The molecule has 4 fully saturated rings. The summed E-state index contributed by atoms with van der Waals surface area (Å²) in [6.07, 6.45) is 18.5. The van der Waals surface area contributed by atoms with Crippen LogP contribution in [0.1, 0.15) is 64.9 Å². The Morgan fingerprint density at radius 2 is 0.857 bits per heavy atom. The minimum Gasteiger partial charge on any atom is -0.392 e. The van der Waals surface area contributed by atoms with Gasteiger partial charge in [0.2, 0.25) is 5.95 Å². The smallest absolute Gasteiger partial charge is 0.392 e. The van der Waals surface area contributed by atoms with Gasteiger partial charge in [-0.2, -0.15) is 18.2 Å². The summed E-state index contributed by atoms with van der Waals surface area (Å²) in [5.41, 5.74) is 11.4. The second-order valence-corrected chi connectivity index (χ2v) is 21.4. The molecule has 16 atom stereocenters. The predicted molar refractivity (Wildman–Crippen MR) is 310 cm³/mol. The second kappa shape index (κ2) is 25.6. The van der Waals surface area contributed by atoms with Crippen molar-refractivity contribution in [3.8, 4) is 49.4 Å². The van der Waals surface area contributed by atoms with Gasteiger partial charge in [0.05, 0.1) is 58.1 Å². The van der Waals surface area contributed by atoms with Crippen LogP contribution in [0.3, 0.4) is 0 Å². The van der Waals surface area contributed by atoms with Crippen molar-refractivity contribution in [1.82, 2.24) is 78.1 Å². The first-order valence-corrected chi connectivity index (χ1v) is 27.7. The molecule has 4 saturated heterocycles. The topological polar surface area (TPSA) is 491 Å². The number of ether oxygens (including phenoxy) is 4. The third-order valence-corrected chi connectivity index (χ3v) is 16.6. The molecule has 0 radical (unpaired) electrons. The van der Waals surface area contributed by atoms with Gasteiger partial charge in [0.25, 0.3) is 11.1 Å². The van der Waals surface area contributed by atoms with Crippen LogP contribution < -0.4 is 28.3 Å². The van der Waals surface area contributed by atoms with Crippen LogP contribution >= 0.6 is 0 Å². The molecule has 8 aromatic heterocycles. The minimum absolute atomic E-state index is 0.0142. The maximum atomic E-state index is 13.5. The average molecular weight is 1270 g/mol. The maximum Gasteiger partial charge on any atom is 0.398 e. The lowest BCUT2D eigenvalue weighted by molar-refractivity contribution is -0.210. The lowest BCUT2D eigenvalue weighted by atomic mass is 9.89. The standard InChI is InChI=1S/C14H17N5O4.C14H17N5O3.C14H16N4O4.C13H12F3N5O3/c1-3-7-9(21)14(4-2,5-20)23-12(7)19-6-16-8-10(19)17-13(15)18-11(8)22;1-3-8-10(21)14(4-2,5-20)22-13(8)19-7-18-9-11(15)16-6-17-12(9)19;1-3-8-10(20)14(4-2,5-19)22-13(8)18-7-17-9-11(18)15-6-16-12(9)21;1-2-12(3-22)8(23)6(13(14,15)16)11(24-12)21-5-20-7-9(17)18-4-19-10(7)21/h2,6-7,9,12,20-21H,3,5H2,1H3,(H3,15,17,18,22);2,6-8,10,13,20-21H,3,5H2,1H3,(H2,15,16,17);2,6-8,10,13,19-20H,3,5H2,1H3,(H,15,16,21);1,4-6,8,11,22-23H,3H2,(H2,17,18,19)/t7-,9-,12+,14+;2*8-,10-,13+,14+;6-,8-,11+,12+/m0000/s1. The zero-order valence-corrected chi connectivity index (χ0v) is 48.4. The lowest BCUT2D eigenvalue weighted by Gasteiger charge is -2.25. The molecule has 0 spiro atoms. The van der Waals surface area contributed by atoms with E-state index in [-0.39, 0.29) is 62.8 Å². The number of aromatic amines is 2. The molecule has 33 nitrogen and oxygen atoms in total. The van der Waals surface area contributed by atoms with E-state index in [1.54, 1.807) is 9.13 Å². The largest absolute Gasteiger partial charge is 0.398 e. The number of rotatable bonds is 11. The molecule has 0 aliphatic carbocycles. The quantitative estimate of drug-likeness (QED) is 0.0618. The van der Waals surface area contributed by atoms with Crippen LogP contribution in [0.5, 0.6) is 0 Å². The highest BCUT2D eigenvalue weighted by atomic mass is 19.4. The molecule has 4 aliphatic heterocycles. The second-order valence-electron chi connectivity index (χ2n) is 21.4. The Morgan fingerprint density at radius 3 is 1.23 bits per heavy atom. The van der Waals surface area contributed by atoms with Crippen LogP contribution in [0.4, 0.5) is 30.8 Å². The fraction of sp³-hybridized carbons (Fsp3) is 0.491. The van der Waals surface area contributed by atoms with Crippen molar-refractivity contribution < 1.29 is 73.0 Å². The van der Waals surface area contributed by atoms with Gasteiger partial charge in [-0.15, -0.1) is 25.7 Å². The number of aliphatic hydroxyl groups excluding tert-OH is 8. The molecule has 8 aromatic rings. The van der Waals surface area contributed by atoms with Gasteiger partial charge < -0.3 is 82.0 Å². The summed E-state index contributed by atoms with van der Waals surface area (Å²) in [5, 5.41) is 79.6. The lowest BCUT2D eigenvalue weighted by Crippen LogP contribution is -2.46. The fourth-order valence-electron chi connectivity index (χ4n) is 11.5. The van der Waals surface area contributed by atoms with E-state index in [1.807, 2.05) is 26.7 Å². The number of anilines is 3. The van der Waals surface area contributed by atoms with Crippen molar-refractivity contribution in [2.45, 2.75) is 118 Å². The number of nitrogens with zero attached hydrogens (tertiary/aromatic N) is 14. The third-order valence-electron chi connectivity index (χ3n) is 16.6. The molecule has 12 rings (SSSR count). The summed E-state index contributed by atoms with van der Waals surface area (Å²) < 4.78 is 68.8. The summed E-state index contributed by atoms with van der Waals surface area (Å²) in [7, 11) is 0. The van der Waals surface area contributed by atoms with E-state index in [9.17, 15) is 63.6 Å². The Morgan fingerprint density at radius 1 is 0.516 bits per heavy atom. The minimum atomic E-state index is -4.85. The van der Waals surface area contributed by atoms with E-state index in [0.717, 1.165) is 17.2 Å². The van der Waals surface area contributed by atoms with Crippen LogP contribution in [0.15, 0.2) is 53.9 Å². The van der Waals surface area contributed by atoms with Gasteiger partial charge >= 0.3 is 6.18 Å². The highest BCUT2D eigenvalue weighted by Gasteiger charge is 2.64. The number of hydrogen-bond donors (Lipinski definition) is 13. The number of nitrogens with one attached hydrogen (secondary N) is 2. The molecular weight excluding hydrogens is 1210 g/mol. The molecule has 0 aromatic carbocycles. The number of H-pyrrole nitrogens is 2. The molecule has 0 amide bonds. The summed E-state index contributed by atoms with van der Waals surface area (Å²) in [5.74, 6) is 5.70. The van der Waals surface area contributed by atoms with Gasteiger partial charge in [0, 0.05) is 17.8 Å². The summed E-state index contributed by atoms with van der Waals surface area (Å²) >= 11 is 0. The molecule has 0 bridgehead atoms. The number of imidazole rings is 4. The average Bonchev–Trinajstić information content (AvgIpc) is 1.62. The number of hydrogen-bond acceptors (Lipinski definition) is 27. The molecule has 91 heavy (non-hydrogen) atoms. The van der Waals surface area contributed by atoms with Gasteiger partial charge in [0.1, 0.15) is 72.7 Å². The maximum absolute atomic E-state index is 13.5. The van der Waals surface area contributed by atoms with E-state index in [0.29, 0.717) is 36.1 Å². The van der Waals surface area contributed by atoms with E-state index in [4.69, 9.17) is 61.8 Å². The zero-order valence-electron chi connectivity index (χ0n) is 48.4. The van der Waals surface area contributed by atoms with E-state index in [2.05, 4.69) is 77.6 Å². The van der Waals surface area contributed by atoms with Gasteiger partial charge in [0.15, 0.2) is 73.9 Å². The number of nitrogens with two attached hydrogens (primary N) is 3. The molecule has 0 unspecified atom stereocenters. The number of aliphatic hydroxyl groups is 8. The Bertz CT molecular complexity index is 4260. The van der Waals surface area contributed by atoms with E-state index >= 15 is 0 Å². The number of nitrogen functional groups attached to an aromatic ring is 3. The van der Waals surface area contributed by atoms with Crippen molar-refractivity contribution in [3.63, 3.8) is 0 Å². The Labute approximate surface area is 511 Å². The van der Waals surface area contributed by atoms with Crippen molar-refractivity contribution >= 4 is 62.2 Å². The summed E-state index contributed by atoms with van der Waals surface area (Å²) in [4.78, 5) is 68.3. The number of alkyl halides is 3.